The molecular weight excluding hydrogens is 475 g/mol. The summed E-state index contributed by atoms with van der Waals surface area (Å²) < 4.78 is 49.3. The predicted molar refractivity (Wildman–Crippen MR) is 132 cm³/mol. The largest absolute Gasteiger partial charge is 0.493 e. The van der Waals surface area contributed by atoms with E-state index in [1.807, 2.05) is 13.0 Å². The summed E-state index contributed by atoms with van der Waals surface area (Å²) in [6.45, 7) is 1.41. The first-order chi connectivity index (χ1) is 17.0. The smallest absolute Gasteiger partial charge is 0.416 e. The minimum Gasteiger partial charge on any atom is -0.493 e. The summed E-state index contributed by atoms with van der Waals surface area (Å²) >= 11 is 0. The van der Waals surface area contributed by atoms with Crippen LogP contribution in [0.15, 0.2) is 66.7 Å². The van der Waals surface area contributed by atoms with Crippen LogP contribution in [-0.4, -0.2) is 25.5 Å². The Hall–Kier alpha value is -4.47. The quantitative estimate of drug-likeness (QED) is 0.289. The number of alkyl halides is 3. The van der Waals surface area contributed by atoms with Crippen LogP contribution in [0.3, 0.4) is 0 Å². The van der Waals surface area contributed by atoms with E-state index in [1.165, 1.54) is 31.4 Å². The second-order valence-electron chi connectivity index (χ2n) is 7.74. The topological polar surface area (TPSA) is 103 Å². The summed E-state index contributed by atoms with van der Waals surface area (Å²) in [6.07, 6.45) is -1.68. The first kappa shape index (κ1) is 26.1. The van der Waals surface area contributed by atoms with Gasteiger partial charge in [0.1, 0.15) is 0 Å². The number of carbonyl (C=O) groups excluding carboxylic acids is 2. The lowest BCUT2D eigenvalue weighted by Crippen LogP contribution is -2.20. The number of benzene rings is 3. The van der Waals surface area contributed by atoms with E-state index in [4.69, 9.17) is 15.2 Å². The van der Waals surface area contributed by atoms with Crippen LogP contribution in [0.5, 0.6) is 11.5 Å². The van der Waals surface area contributed by atoms with E-state index in [2.05, 4.69) is 10.6 Å². The Morgan fingerprint density at radius 2 is 1.78 bits per heavy atom. The number of amides is 2. The van der Waals surface area contributed by atoms with Crippen molar-refractivity contribution in [3.05, 3.63) is 83.4 Å². The number of halogens is 3. The third kappa shape index (κ3) is 7.26. The van der Waals surface area contributed by atoms with Gasteiger partial charge in [-0.1, -0.05) is 18.2 Å². The molecule has 3 rings (SSSR count). The van der Waals surface area contributed by atoms with E-state index in [0.717, 1.165) is 17.7 Å². The van der Waals surface area contributed by atoms with Gasteiger partial charge in [0.15, 0.2) is 18.1 Å². The summed E-state index contributed by atoms with van der Waals surface area (Å²) in [7, 11) is 1.42. The first-order valence-corrected chi connectivity index (χ1v) is 10.7. The second kappa shape index (κ2) is 11.3. The lowest BCUT2D eigenvalue weighted by Gasteiger charge is -2.12. The van der Waals surface area contributed by atoms with Crippen molar-refractivity contribution in [1.82, 2.24) is 0 Å². The summed E-state index contributed by atoms with van der Waals surface area (Å²) in [4.78, 5) is 24.5. The summed E-state index contributed by atoms with van der Waals surface area (Å²) in [6, 6.07) is 14.4. The van der Waals surface area contributed by atoms with E-state index in [1.54, 1.807) is 30.3 Å². The number of carbonyl (C=O) groups is 2. The zero-order valence-corrected chi connectivity index (χ0v) is 19.5. The molecule has 2 amide bonds. The summed E-state index contributed by atoms with van der Waals surface area (Å²) in [5.41, 5.74) is 7.50. The highest BCUT2D eigenvalue weighted by Crippen LogP contribution is 2.31. The number of nitrogens with one attached hydrogen (secondary N) is 2. The molecule has 0 fully saturated rings. The van der Waals surface area contributed by atoms with Crippen molar-refractivity contribution in [3.8, 4) is 11.5 Å². The SMILES string of the molecule is COc1ccc(/C=C/C(=O)Nc2ccc(C)cc2N)cc1OCC(=O)Nc1cccc(C(F)(F)F)c1. The highest BCUT2D eigenvalue weighted by Gasteiger charge is 2.30. The molecule has 0 aliphatic heterocycles. The molecule has 7 nitrogen and oxygen atoms in total. The Morgan fingerprint density at radius 3 is 2.47 bits per heavy atom. The zero-order valence-electron chi connectivity index (χ0n) is 19.5. The van der Waals surface area contributed by atoms with Gasteiger partial charge in [0.25, 0.3) is 5.91 Å². The van der Waals surface area contributed by atoms with Crippen LogP contribution in [0.4, 0.5) is 30.2 Å². The highest BCUT2D eigenvalue weighted by atomic mass is 19.4. The molecule has 0 heterocycles. The third-order valence-corrected chi connectivity index (χ3v) is 4.91. The summed E-state index contributed by atoms with van der Waals surface area (Å²) in [5, 5.41) is 5.06. The van der Waals surface area contributed by atoms with Gasteiger partial charge in [0.2, 0.25) is 5.91 Å². The standard InChI is InChI=1S/C26H24F3N3O4/c1-16-6-9-21(20(30)12-16)32-24(33)11-8-17-7-10-22(35-2)23(13-17)36-15-25(34)31-19-5-3-4-18(14-19)26(27,28)29/h3-14H,15,30H2,1-2H3,(H,31,34)(H,32,33)/b11-8+. The molecule has 0 aliphatic carbocycles. The fourth-order valence-electron chi connectivity index (χ4n) is 3.17. The molecule has 0 unspecified atom stereocenters. The van der Waals surface area contributed by atoms with Crippen molar-refractivity contribution in [2.75, 3.05) is 30.1 Å². The molecule has 0 spiro atoms. The molecule has 10 heteroatoms. The fraction of sp³-hybridized carbons (Fsp3) is 0.154. The van der Waals surface area contributed by atoms with Crippen molar-refractivity contribution < 1.29 is 32.2 Å². The van der Waals surface area contributed by atoms with Crippen LogP contribution in [-0.2, 0) is 15.8 Å². The Morgan fingerprint density at radius 1 is 1.00 bits per heavy atom. The zero-order chi connectivity index (χ0) is 26.3. The number of methoxy groups -OCH3 is 1. The van der Waals surface area contributed by atoms with Crippen molar-refractivity contribution in [1.29, 1.82) is 0 Å². The Balaban J connectivity index is 1.63. The maximum Gasteiger partial charge on any atom is 0.416 e. The monoisotopic (exact) mass is 499 g/mol. The molecule has 0 saturated heterocycles. The molecule has 3 aromatic rings. The number of hydrogen-bond acceptors (Lipinski definition) is 5. The maximum atomic E-state index is 12.9. The molecule has 36 heavy (non-hydrogen) atoms. The van der Waals surface area contributed by atoms with Gasteiger partial charge in [0.05, 0.1) is 24.0 Å². The molecule has 188 valence electrons. The van der Waals surface area contributed by atoms with Crippen molar-refractivity contribution in [2.45, 2.75) is 13.1 Å². The number of ether oxygens (including phenoxy) is 2. The van der Waals surface area contributed by atoms with Crippen molar-refractivity contribution >= 4 is 35.0 Å². The lowest BCUT2D eigenvalue weighted by molar-refractivity contribution is -0.137. The molecule has 0 radical (unpaired) electrons. The number of hydrogen-bond donors (Lipinski definition) is 3. The lowest BCUT2D eigenvalue weighted by atomic mass is 10.1. The van der Waals surface area contributed by atoms with Gasteiger partial charge in [-0.05, 0) is 66.6 Å². The first-order valence-electron chi connectivity index (χ1n) is 10.7. The van der Waals surface area contributed by atoms with Crippen LogP contribution >= 0.6 is 0 Å². The van der Waals surface area contributed by atoms with E-state index in [9.17, 15) is 22.8 Å². The van der Waals surface area contributed by atoms with Crippen LogP contribution in [0, 0.1) is 6.92 Å². The number of nitrogens with two attached hydrogens (primary N) is 1. The van der Waals surface area contributed by atoms with Crippen molar-refractivity contribution in [3.63, 3.8) is 0 Å². The van der Waals surface area contributed by atoms with Gasteiger partial charge in [-0.2, -0.15) is 13.2 Å². The number of rotatable bonds is 8. The van der Waals surface area contributed by atoms with Crippen LogP contribution in [0.2, 0.25) is 0 Å². The van der Waals surface area contributed by atoms with Gasteiger partial charge in [-0.15, -0.1) is 0 Å². The number of anilines is 3. The Bertz CT molecular complexity index is 1290. The fourth-order valence-corrected chi connectivity index (χ4v) is 3.17. The predicted octanol–water partition coefficient (Wildman–Crippen LogP) is 5.27. The highest BCUT2D eigenvalue weighted by molar-refractivity contribution is 6.03. The van der Waals surface area contributed by atoms with Crippen LogP contribution in [0.1, 0.15) is 16.7 Å². The number of nitrogen functional groups attached to an aromatic ring is 1. The van der Waals surface area contributed by atoms with Gasteiger partial charge >= 0.3 is 6.18 Å². The molecular formula is C26H24F3N3O4. The van der Waals surface area contributed by atoms with Crippen LogP contribution < -0.4 is 25.8 Å². The molecule has 0 saturated carbocycles. The maximum absolute atomic E-state index is 12.9. The van der Waals surface area contributed by atoms with Crippen molar-refractivity contribution in [2.24, 2.45) is 0 Å². The number of aryl methyl sites for hydroxylation is 1. The minimum absolute atomic E-state index is 0.0118. The molecule has 0 bridgehead atoms. The average Bonchev–Trinajstić information content (AvgIpc) is 2.83. The average molecular weight is 499 g/mol. The normalized spacial score (nSPS) is 11.2. The molecule has 0 atom stereocenters. The van der Waals surface area contributed by atoms with Gasteiger partial charge < -0.3 is 25.8 Å². The summed E-state index contributed by atoms with van der Waals surface area (Å²) in [5.74, 6) is -0.519. The molecule has 0 aromatic heterocycles. The van der Waals surface area contributed by atoms with Gasteiger partial charge in [0, 0.05) is 11.8 Å². The van der Waals surface area contributed by atoms with E-state index in [0.29, 0.717) is 22.7 Å². The molecule has 3 aromatic carbocycles. The Kier molecular flexibility index (Phi) is 8.21. The van der Waals surface area contributed by atoms with Gasteiger partial charge in [-0.25, -0.2) is 0 Å². The van der Waals surface area contributed by atoms with E-state index in [-0.39, 0.29) is 11.4 Å². The second-order valence-corrected chi connectivity index (χ2v) is 7.74. The third-order valence-electron chi connectivity index (χ3n) is 4.91. The van der Waals surface area contributed by atoms with Gasteiger partial charge in [-0.3, -0.25) is 9.59 Å². The van der Waals surface area contributed by atoms with E-state index < -0.39 is 30.2 Å². The Labute approximate surface area is 205 Å². The molecule has 4 N–H and O–H groups in total. The minimum atomic E-state index is -4.53. The van der Waals surface area contributed by atoms with E-state index >= 15 is 0 Å². The molecule has 0 aliphatic rings. The van der Waals surface area contributed by atoms with Crippen LogP contribution in [0.25, 0.3) is 6.08 Å².